The second-order valence-corrected chi connectivity index (χ2v) is 6.17. The fraction of sp³-hybridized carbons (Fsp3) is 0.474. The number of nitrogens with one attached hydrogen (secondary N) is 1. The summed E-state index contributed by atoms with van der Waals surface area (Å²) in [5.74, 6) is 1.65. The number of nitriles is 1. The van der Waals surface area contributed by atoms with E-state index in [1.54, 1.807) is 31.4 Å². The summed E-state index contributed by atoms with van der Waals surface area (Å²) in [6.07, 6.45) is 7.84. The predicted molar refractivity (Wildman–Crippen MR) is 92.7 cm³/mol. The molecule has 1 aliphatic rings. The van der Waals surface area contributed by atoms with E-state index in [9.17, 15) is 4.79 Å². The standard InChI is InChI=1S/C19H24N2O3/c1-14-4-3-5-16(12-14)21-19(22)9-7-15-6-8-17(24-11-10-20)18(13-15)23-2/h6-9,13-14,16H,3-5,11-12H2,1-2H3,(H,21,22)/b9-7+. The van der Waals surface area contributed by atoms with Crippen LogP contribution in [0.2, 0.25) is 0 Å². The molecule has 5 heteroatoms. The monoisotopic (exact) mass is 328 g/mol. The van der Waals surface area contributed by atoms with Crippen molar-refractivity contribution in [3.63, 3.8) is 0 Å². The van der Waals surface area contributed by atoms with Crippen LogP contribution in [-0.2, 0) is 4.79 Å². The van der Waals surface area contributed by atoms with E-state index in [1.807, 2.05) is 12.1 Å². The van der Waals surface area contributed by atoms with Crippen molar-refractivity contribution in [1.82, 2.24) is 5.32 Å². The Balaban J connectivity index is 1.95. The zero-order valence-corrected chi connectivity index (χ0v) is 14.2. The first-order valence-corrected chi connectivity index (χ1v) is 8.28. The third-order valence-electron chi connectivity index (χ3n) is 4.19. The molecule has 0 aromatic heterocycles. The Morgan fingerprint density at radius 1 is 1.42 bits per heavy atom. The van der Waals surface area contributed by atoms with Crippen LogP contribution in [0.4, 0.5) is 0 Å². The minimum absolute atomic E-state index is 0.0340. The molecule has 1 N–H and O–H groups in total. The van der Waals surface area contributed by atoms with Crippen LogP contribution in [0, 0.1) is 17.2 Å². The average Bonchev–Trinajstić information content (AvgIpc) is 2.58. The molecule has 0 bridgehead atoms. The second kappa shape index (κ2) is 8.97. The molecular weight excluding hydrogens is 304 g/mol. The summed E-state index contributed by atoms with van der Waals surface area (Å²) >= 11 is 0. The number of nitrogens with zero attached hydrogens (tertiary/aromatic N) is 1. The number of ether oxygens (including phenoxy) is 2. The number of carbonyl (C=O) groups is 1. The molecule has 1 fully saturated rings. The minimum atomic E-state index is -0.0714. The van der Waals surface area contributed by atoms with Crippen molar-refractivity contribution in [2.75, 3.05) is 13.7 Å². The molecular formula is C19H24N2O3. The Hall–Kier alpha value is -2.48. The molecule has 128 valence electrons. The lowest BCUT2D eigenvalue weighted by Gasteiger charge is -2.26. The van der Waals surface area contributed by atoms with Crippen LogP contribution in [-0.4, -0.2) is 25.7 Å². The van der Waals surface area contributed by atoms with E-state index in [4.69, 9.17) is 14.7 Å². The van der Waals surface area contributed by atoms with Crippen molar-refractivity contribution in [2.45, 2.75) is 38.6 Å². The molecule has 5 nitrogen and oxygen atoms in total. The Labute approximate surface area is 143 Å². The van der Waals surface area contributed by atoms with Crippen molar-refractivity contribution in [2.24, 2.45) is 5.92 Å². The molecule has 1 aromatic rings. The molecule has 2 atom stereocenters. The quantitative estimate of drug-likeness (QED) is 0.813. The van der Waals surface area contributed by atoms with Gasteiger partial charge >= 0.3 is 0 Å². The Morgan fingerprint density at radius 3 is 2.96 bits per heavy atom. The third-order valence-corrected chi connectivity index (χ3v) is 4.19. The van der Waals surface area contributed by atoms with Gasteiger partial charge in [-0.1, -0.05) is 25.8 Å². The highest BCUT2D eigenvalue weighted by atomic mass is 16.5. The highest BCUT2D eigenvalue weighted by molar-refractivity contribution is 5.92. The normalized spacial score (nSPS) is 20.4. The van der Waals surface area contributed by atoms with E-state index >= 15 is 0 Å². The topological polar surface area (TPSA) is 71.3 Å². The van der Waals surface area contributed by atoms with Crippen molar-refractivity contribution >= 4 is 12.0 Å². The molecule has 1 aromatic carbocycles. The molecule has 0 spiro atoms. The number of rotatable bonds is 6. The highest BCUT2D eigenvalue weighted by Crippen LogP contribution is 2.28. The fourth-order valence-electron chi connectivity index (χ4n) is 3.00. The summed E-state index contributed by atoms with van der Waals surface area (Å²) < 4.78 is 10.5. The second-order valence-electron chi connectivity index (χ2n) is 6.17. The Morgan fingerprint density at radius 2 is 2.25 bits per heavy atom. The molecule has 2 rings (SSSR count). The van der Waals surface area contributed by atoms with E-state index in [2.05, 4.69) is 12.2 Å². The summed E-state index contributed by atoms with van der Waals surface area (Å²) in [4.78, 5) is 12.1. The third kappa shape index (κ3) is 5.31. The lowest BCUT2D eigenvalue weighted by Crippen LogP contribution is -2.36. The molecule has 0 heterocycles. The van der Waals surface area contributed by atoms with Crippen LogP contribution < -0.4 is 14.8 Å². The zero-order chi connectivity index (χ0) is 17.4. The summed E-state index contributed by atoms with van der Waals surface area (Å²) in [5.41, 5.74) is 0.836. The van der Waals surface area contributed by atoms with E-state index in [1.165, 1.54) is 12.8 Å². The van der Waals surface area contributed by atoms with Gasteiger partial charge in [-0.15, -0.1) is 0 Å². The first-order chi connectivity index (χ1) is 11.6. The fourth-order valence-corrected chi connectivity index (χ4v) is 3.00. The number of methoxy groups -OCH3 is 1. The average molecular weight is 328 g/mol. The molecule has 0 radical (unpaired) electrons. The molecule has 2 unspecified atom stereocenters. The molecule has 0 aliphatic heterocycles. The van der Waals surface area contributed by atoms with Gasteiger partial charge in [-0.2, -0.15) is 5.26 Å². The van der Waals surface area contributed by atoms with Gasteiger partial charge < -0.3 is 14.8 Å². The predicted octanol–water partition coefficient (Wildman–Crippen LogP) is 3.31. The number of amides is 1. The largest absolute Gasteiger partial charge is 0.493 e. The van der Waals surface area contributed by atoms with Crippen molar-refractivity contribution < 1.29 is 14.3 Å². The van der Waals surface area contributed by atoms with Crippen LogP contribution >= 0.6 is 0 Å². The minimum Gasteiger partial charge on any atom is -0.493 e. The van der Waals surface area contributed by atoms with Gasteiger partial charge in [0.05, 0.1) is 7.11 Å². The summed E-state index contributed by atoms with van der Waals surface area (Å²) in [5, 5.41) is 11.6. The number of carbonyl (C=O) groups excluding carboxylic acids is 1. The molecule has 24 heavy (non-hydrogen) atoms. The van der Waals surface area contributed by atoms with Gasteiger partial charge in [0.1, 0.15) is 6.07 Å². The van der Waals surface area contributed by atoms with E-state index in [-0.39, 0.29) is 18.6 Å². The maximum atomic E-state index is 12.1. The van der Waals surface area contributed by atoms with E-state index in [0.717, 1.165) is 18.4 Å². The Kier molecular flexibility index (Phi) is 6.68. The van der Waals surface area contributed by atoms with Gasteiger partial charge in [-0.3, -0.25) is 4.79 Å². The van der Waals surface area contributed by atoms with Crippen LogP contribution in [0.25, 0.3) is 6.08 Å². The van der Waals surface area contributed by atoms with Gasteiger partial charge in [0.15, 0.2) is 18.1 Å². The van der Waals surface area contributed by atoms with Crippen molar-refractivity contribution in [3.05, 3.63) is 29.8 Å². The van der Waals surface area contributed by atoms with Gasteiger partial charge in [0, 0.05) is 12.1 Å². The zero-order valence-electron chi connectivity index (χ0n) is 14.2. The number of benzene rings is 1. The summed E-state index contributed by atoms with van der Waals surface area (Å²) in [6, 6.07) is 7.53. The van der Waals surface area contributed by atoms with Crippen molar-refractivity contribution in [3.8, 4) is 17.6 Å². The molecule has 1 saturated carbocycles. The van der Waals surface area contributed by atoms with Crippen LogP contribution in [0.1, 0.15) is 38.2 Å². The molecule has 1 amide bonds. The van der Waals surface area contributed by atoms with E-state index in [0.29, 0.717) is 17.4 Å². The lowest BCUT2D eigenvalue weighted by atomic mass is 9.87. The lowest BCUT2D eigenvalue weighted by molar-refractivity contribution is -0.117. The first kappa shape index (κ1) is 17.9. The summed E-state index contributed by atoms with van der Waals surface area (Å²) in [7, 11) is 1.54. The van der Waals surface area contributed by atoms with Crippen molar-refractivity contribution in [1.29, 1.82) is 5.26 Å². The van der Waals surface area contributed by atoms with E-state index < -0.39 is 0 Å². The molecule has 0 saturated heterocycles. The number of hydrogen-bond donors (Lipinski definition) is 1. The van der Waals surface area contributed by atoms with Gasteiger partial charge in [-0.25, -0.2) is 0 Å². The summed E-state index contributed by atoms with van der Waals surface area (Å²) in [6.45, 7) is 2.20. The number of hydrogen-bond acceptors (Lipinski definition) is 4. The maximum Gasteiger partial charge on any atom is 0.244 e. The van der Waals surface area contributed by atoms with Crippen LogP contribution in [0.15, 0.2) is 24.3 Å². The van der Waals surface area contributed by atoms with Crippen LogP contribution in [0.3, 0.4) is 0 Å². The molecule has 1 aliphatic carbocycles. The SMILES string of the molecule is COc1cc(/C=C/C(=O)NC2CCCC(C)C2)ccc1OCC#N. The smallest absolute Gasteiger partial charge is 0.244 e. The van der Waals surface area contributed by atoms with Gasteiger partial charge in [0.2, 0.25) is 5.91 Å². The Bertz CT molecular complexity index is 634. The van der Waals surface area contributed by atoms with Gasteiger partial charge in [0.25, 0.3) is 0 Å². The van der Waals surface area contributed by atoms with Gasteiger partial charge in [-0.05, 0) is 42.5 Å². The highest BCUT2D eigenvalue weighted by Gasteiger charge is 2.19. The van der Waals surface area contributed by atoms with Crippen LogP contribution in [0.5, 0.6) is 11.5 Å². The first-order valence-electron chi connectivity index (χ1n) is 8.28. The maximum absolute atomic E-state index is 12.1.